The van der Waals surface area contributed by atoms with Crippen LogP contribution in [0.2, 0.25) is 0 Å². The van der Waals surface area contributed by atoms with Gasteiger partial charge in [0.1, 0.15) is 5.82 Å². The van der Waals surface area contributed by atoms with Crippen LogP contribution < -0.4 is 10.1 Å². The lowest BCUT2D eigenvalue weighted by molar-refractivity contribution is 0.399. The molecule has 1 N–H and O–H groups in total. The third-order valence-corrected chi connectivity index (χ3v) is 5.26. The minimum Gasteiger partial charge on any atom is -0.481 e. The van der Waals surface area contributed by atoms with Crippen molar-refractivity contribution < 1.29 is 13.5 Å². The van der Waals surface area contributed by atoms with Gasteiger partial charge in [-0.2, -0.15) is 0 Å². The van der Waals surface area contributed by atoms with E-state index in [-0.39, 0.29) is 0 Å². The zero-order valence-corrected chi connectivity index (χ0v) is 17.7. The number of halogens is 2. The molecule has 0 saturated heterocycles. The highest BCUT2D eigenvalue weighted by atomic mass is 19.2. The van der Waals surface area contributed by atoms with Gasteiger partial charge in [-0.1, -0.05) is 12.1 Å². The Kier molecular flexibility index (Phi) is 5.48. The van der Waals surface area contributed by atoms with Crippen LogP contribution >= 0.6 is 0 Å². The molecule has 0 atom stereocenters. The van der Waals surface area contributed by atoms with Crippen LogP contribution in [0, 0.1) is 11.6 Å². The second kappa shape index (κ2) is 8.74. The second-order valence-electron chi connectivity index (χ2n) is 7.43. The van der Waals surface area contributed by atoms with Crippen LogP contribution in [-0.4, -0.2) is 34.8 Å². The van der Waals surface area contributed by atoms with Crippen molar-refractivity contribution in [1.82, 2.24) is 15.0 Å². The first-order chi connectivity index (χ1) is 16.1. The van der Waals surface area contributed by atoms with E-state index in [4.69, 9.17) is 14.7 Å². The molecule has 164 valence electrons. The fourth-order valence-corrected chi connectivity index (χ4v) is 3.66. The van der Waals surface area contributed by atoms with Crippen molar-refractivity contribution in [2.75, 3.05) is 19.0 Å². The number of allylic oxidation sites excluding steroid dienone is 1. The number of dihydropyridines is 1. The normalized spacial score (nSPS) is 13.1. The number of nitrogens with one attached hydrogen (secondary N) is 1. The van der Waals surface area contributed by atoms with Crippen molar-refractivity contribution in [3.8, 4) is 17.0 Å². The van der Waals surface area contributed by atoms with Crippen LogP contribution in [0.15, 0.2) is 65.8 Å². The van der Waals surface area contributed by atoms with Crippen molar-refractivity contribution in [3.63, 3.8) is 0 Å². The molecule has 4 aromatic rings. The zero-order chi connectivity index (χ0) is 22.8. The fourth-order valence-electron chi connectivity index (χ4n) is 3.66. The summed E-state index contributed by atoms with van der Waals surface area (Å²) in [6.45, 7) is 0.730. The molecule has 0 fully saturated rings. The molecule has 3 heterocycles. The Bertz CT molecular complexity index is 1420. The number of fused-ring (bicyclic) bond motifs is 1. The fraction of sp³-hybridized carbons (Fsp3) is 0.120. The van der Waals surface area contributed by atoms with Gasteiger partial charge in [0.25, 0.3) is 0 Å². The van der Waals surface area contributed by atoms with Crippen molar-refractivity contribution >= 4 is 34.2 Å². The lowest BCUT2D eigenvalue weighted by atomic mass is 10.0. The van der Waals surface area contributed by atoms with Crippen LogP contribution in [-0.2, 0) is 0 Å². The molecule has 1 aliphatic heterocycles. The molecule has 6 nitrogen and oxygen atoms in total. The van der Waals surface area contributed by atoms with Crippen LogP contribution in [0.25, 0.3) is 27.6 Å². The van der Waals surface area contributed by atoms with E-state index in [1.807, 2.05) is 36.4 Å². The van der Waals surface area contributed by atoms with Crippen LogP contribution in [0.4, 0.5) is 20.3 Å². The van der Waals surface area contributed by atoms with Crippen LogP contribution in [0.1, 0.15) is 12.2 Å². The average Bonchev–Trinajstić information content (AvgIpc) is 2.86. The van der Waals surface area contributed by atoms with Crippen molar-refractivity contribution in [2.24, 2.45) is 4.99 Å². The van der Waals surface area contributed by atoms with Gasteiger partial charge in [0.2, 0.25) is 5.88 Å². The summed E-state index contributed by atoms with van der Waals surface area (Å²) in [4.78, 5) is 18.0. The Labute approximate surface area is 188 Å². The molecular formula is C25H19F2N5O. The molecule has 5 rings (SSSR count). The standard InChI is InChI=1S/C25H19F2N5O/c1-33-25-18(5-3-11-29-25)15-6-9-22-19(12-15)24(30-17-7-8-20(26)21(27)13-17)32-23(31-22)16-4-2-10-28-14-16/h3-9,11-14H,2,10H2,1H3,(H,30,31,32). The van der Waals surface area contributed by atoms with E-state index in [9.17, 15) is 8.78 Å². The molecule has 0 bridgehead atoms. The van der Waals surface area contributed by atoms with Crippen molar-refractivity contribution in [3.05, 3.63) is 78.3 Å². The predicted octanol–water partition coefficient (Wildman–Crippen LogP) is 5.58. The number of rotatable bonds is 5. The van der Waals surface area contributed by atoms with Crippen LogP contribution in [0.3, 0.4) is 0 Å². The van der Waals surface area contributed by atoms with E-state index in [1.54, 1.807) is 19.5 Å². The molecule has 0 spiro atoms. The summed E-state index contributed by atoms with van der Waals surface area (Å²) in [6.07, 6.45) is 6.25. The number of nitrogens with zero attached hydrogens (tertiary/aromatic N) is 4. The van der Waals surface area contributed by atoms with Gasteiger partial charge < -0.3 is 10.1 Å². The Morgan fingerprint density at radius 1 is 1.00 bits per heavy atom. The number of pyridine rings is 1. The molecule has 0 aliphatic carbocycles. The van der Waals surface area contributed by atoms with E-state index >= 15 is 0 Å². The highest BCUT2D eigenvalue weighted by Crippen LogP contribution is 2.33. The number of hydrogen-bond donors (Lipinski definition) is 1. The molecular weight excluding hydrogens is 424 g/mol. The van der Waals surface area contributed by atoms with Crippen LogP contribution in [0.5, 0.6) is 5.88 Å². The maximum Gasteiger partial charge on any atom is 0.221 e. The number of anilines is 2. The van der Waals surface area contributed by atoms with Gasteiger partial charge >= 0.3 is 0 Å². The molecule has 0 saturated carbocycles. The van der Waals surface area contributed by atoms with E-state index in [1.165, 1.54) is 6.07 Å². The molecule has 0 radical (unpaired) electrons. The minimum atomic E-state index is -0.943. The largest absolute Gasteiger partial charge is 0.481 e. The van der Waals surface area contributed by atoms with Crippen molar-refractivity contribution in [2.45, 2.75) is 6.42 Å². The van der Waals surface area contributed by atoms with Gasteiger partial charge in [-0.3, -0.25) is 4.99 Å². The summed E-state index contributed by atoms with van der Waals surface area (Å²) in [5.41, 5.74) is 3.55. The average molecular weight is 443 g/mol. The lowest BCUT2D eigenvalue weighted by Gasteiger charge is -2.14. The van der Waals surface area contributed by atoms with Gasteiger partial charge in [0, 0.05) is 47.2 Å². The predicted molar refractivity (Wildman–Crippen MR) is 125 cm³/mol. The summed E-state index contributed by atoms with van der Waals surface area (Å²) in [5, 5.41) is 3.83. The van der Waals surface area contributed by atoms with E-state index in [0.29, 0.717) is 34.1 Å². The molecule has 33 heavy (non-hydrogen) atoms. The quantitative estimate of drug-likeness (QED) is 0.436. The number of aromatic nitrogens is 3. The lowest BCUT2D eigenvalue weighted by Crippen LogP contribution is -2.04. The molecule has 8 heteroatoms. The van der Waals surface area contributed by atoms with E-state index in [0.717, 1.165) is 41.8 Å². The third kappa shape index (κ3) is 4.15. The summed E-state index contributed by atoms with van der Waals surface area (Å²) in [5.74, 6) is -0.397. The third-order valence-electron chi connectivity index (χ3n) is 5.26. The first-order valence-electron chi connectivity index (χ1n) is 10.4. The first-order valence-corrected chi connectivity index (χ1v) is 10.4. The number of ether oxygens (including phenoxy) is 1. The van der Waals surface area contributed by atoms with Gasteiger partial charge in [-0.05, 0) is 48.4 Å². The summed E-state index contributed by atoms with van der Waals surface area (Å²) < 4.78 is 32.7. The highest BCUT2D eigenvalue weighted by molar-refractivity contribution is 6.09. The maximum absolute atomic E-state index is 13.8. The molecule has 2 aromatic heterocycles. The Morgan fingerprint density at radius 3 is 2.70 bits per heavy atom. The highest BCUT2D eigenvalue weighted by Gasteiger charge is 2.15. The number of methoxy groups -OCH3 is 1. The number of aliphatic imine (C=N–C) groups is 1. The zero-order valence-electron chi connectivity index (χ0n) is 17.7. The minimum absolute atomic E-state index is 0.371. The summed E-state index contributed by atoms with van der Waals surface area (Å²) >= 11 is 0. The molecule has 0 unspecified atom stereocenters. The Hall–Kier alpha value is -4.20. The maximum atomic E-state index is 13.8. The van der Waals surface area contributed by atoms with E-state index in [2.05, 4.69) is 15.3 Å². The van der Waals surface area contributed by atoms with Gasteiger partial charge in [0.05, 0.1) is 12.6 Å². The first kappa shape index (κ1) is 20.7. The number of hydrogen-bond acceptors (Lipinski definition) is 6. The number of benzene rings is 2. The van der Waals surface area contributed by atoms with Crippen molar-refractivity contribution in [1.29, 1.82) is 0 Å². The smallest absolute Gasteiger partial charge is 0.221 e. The molecule has 0 amide bonds. The topological polar surface area (TPSA) is 72.3 Å². The molecule has 1 aliphatic rings. The monoisotopic (exact) mass is 443 g/mol. The van der Waals surface area contributed by atoms with E-state index < -0.39 is 11.6 Å². The second-order valence-corrected chi connectivity index (χ2v) is 7.43. The Balaban J connectivity index is 1.67. The molecule has 2 aromatic carbocycles. The van der Waals surface area contributed by atoms with Gasteiger partial charge in [-0.15, -0.1) is 0 Å². The van der Waals surface area contributed by atoms with Gasteiger partial charge in [0.15, 0.2) is 17.5 Å². The Morgan fingerprint density at radius 2 is 1.91 bits per heavy atom. The SMILES string of the molecule is COc1ncccc1-c1ccc2nc(C3=CCCN=C3)nc(Nc3ccc(F)c(F)c3)c2c1. The summed E-state index contributed by atoms with van der Waals surface area (Å²) in [6, 6.07) is 13.1. The van der Waals surface area contributed by atoms with Gasteiger partial charge in [-0.25, -0.2) is 23.7 Å². The summed E-state index contributed by atoms with van der Waals surface area (Å²) in [7, 11) is 1.57.